The van der Waals surface area contributed by atoms with E-state index in [2.05, 4.69) is 21.6 Å². The molecule has 22 heavy (non-hydrogen) atoms. The van der Waals surface area contributed by atoms with Gasteiger partial charge in [0.1, 0.15) is 0 Å². The number of para-hydroxylation sites is 1. The summed E-state index contributed by atoms with van der Waals surface area (Å²) in [6, 6.07) is 19.4. The van der Waals surface area contributed by atoms with Crippen LogP contribution in [0.2, 0.25) is 0 Å². The molecule has 3 aromatic rings. The van der Waals surface area contributed by atoms with Crippen molar-refractivity contribution < 1.29 is 0 Å². The van der Waals surface area contributed by atoms with Gasteiger partial charge in [-0.25, -0.2) is 0 Å². The van der Waals surface area contributed by atoms with E-state index in [0.717, 1.165) is 11.3 Å². The molecule has 0 fully saturated rings. The second-order valence-corrected chi connectivity index (χ2v) is 4.89. The van der Waals surface area contributed by atoms with Crippen molar-refractivity contribution in [3.8, 4) is 11.8 Å². The van der Waals surface area contributed by atoms with Crippen LogP contribution in [0.3, 0.4) is 0 Å². The zero-order valence-electron chi connectivity index (χ0n) is 12.1. The fourth-order valence-corrected chi connectivity index (χ4v) is 2.19. The van der Waals surface area contributed by atoms with Gasteiger partial charge in [-0.1, -0.05) is 35.4 Å². The monoisotopic (exact) mass is 290 g/mol. The predicted molar refractivity (Wildman–Crippen MR) is 82.4 cm³/mol. The van der Waals surface area contributed by atoms with Crippen molar-refractivity contribution >= 4 is 5.95 Å². The van der Waals surface area contributed by atoms with Gasteiger partial charge in [0, 0.05) is 13.6 Å². The second kappa shape index (κ2) is 6.06. The number of rotatable bonds is 4. The summed E-state index contributed by atoms with van der Waals surface area (Å²) in [5.74, 6) is 0.663. The van der Waals surface area contributed by atoms with E-state index in [1.165, 1.54) is 0 Å². The third-order valence-corrected chi connectivity index (χ3v) is 3.30. The van der Waals surface area contributed by atoms with E-state index < -0.39 is 0 Å². The van der Waals surface area contributed by atoms with Gasteiger partial charge in [-0.2, -0.15) is 9.94 Å². The first kappa shape index (κ1) is 13.8. The Kier molecular flexibility index (Phi) is 3.79. The van der Waals surface area contributed by atoms with Crippen LogP contribution in [-0.2, 0) is 6.54 Å². The Hall–Kier alpha value is -3.20. The minimum atomic E-state index is 0.652. The third kappa shape index (κ3) is 2.79. The maximum Gasteiger partial charge on any atom is 0.250 e. The SMILES string of the molecule is CN(Cc1ccc(C#N)cc1)c1nnnn1-c1ccccc1. The molecule has 0 N–H and O–H groups in total. The Morgan fingerprint density at radius 3 is 2.50 bits per heavy atom. The smallest absolute Gasteiger partial charge is 0.250 e. The molecule has 0 amide bonds. The van der Waals surface area contributed by atoms with E-state index in [4.69, 9.17) is 5.26 Å². The van der Waals surface area contributed by atoms with Crippen LogP contribution < -0.4 is 4.90 Å². The van der Waals surface area contributed by atoms with Crippen LogP contribution in [0.1, 0.15) is 11.1 Å². The van der Waals surface area contributed by atoms with Crippen LogP contribution in [0.5, 0.6) is 0 Å². The third-order valence-electron chi connectivity index (χ3n) is 3.30. The number of nitrogens with zero attached hydrogens (tertiary/aromatic N) is 6. The van der Waals surface area contributed by atoms with E-state index in [0.29, 0.717) is 18.1 Å². The first-order valence-corrected chi connectivity index (χ1v) is 6.82. The highest BCUT2D eigenvalue weighted by atomic mass is 15.6. The molecule has 3 rings (SSSR count). The number of hydrogen-bond donors (Lipinski definition) is 0. The zero-order valence-corrected chi connectivity index (χ0v) is 12.1. The highest BCUT2D eigenvalue weighted by Crippen LogP contribution is 2.16. The highest BCUT2D eigenvalue weighted by molar-refractivity contribution is 5.41. The number of anilines is 1. The summed E-state index contributed by atoms with van der Waals surface area (Å²) in [6.45, 7) is 0.652. The van der Waals surface area contributed by atoms with Crippen LogP contribution in [-0.4, -0.2) is 27.3 Å². The van der Waals surface area contributed by atoms with Gasteiger partial charge < -0.3 is 4.90 Å². The molecule has 2 aromatic carbocycles. The first-order chi connectivity index (χ1) is 10.8. The van der Waals surface area contributed by atoms with E-state index in [1.54, 1.807) is 4.68 Å². The molecule has 0 radical (unpaired) electrons. The van der Waals surface area contributed by atoms with E-state index in [1.807, 2.05) is 66.5 Å². The number of hydrogen-bond acceptors (Lipinski definition) is 5. The van der Waals surface area contributed by atoms with Gasteiger partial charge in [-0.15, -0.1) is 0 Å². The minimum absolute atomic E-state index is 0.652. The van der Waals surface area contributed by atoms with Crippen molar-refractivity contribution in [2.24, 2.45) is 0 Å². The van der Waals surface area contributed by atoms with Gasteiger partial charge in [0.25, 0.3) is 0 Å². The fourth-order valence-electron chi connectivity index (χ4n) is 2.19. The molecule has 1 aromatic heterocycles. The molecule has 0 aliphatic rings. The number of aromatic nitrogens is 4. The summed E-state index contributed by atoms with van der Waals surface area (Å²) in [5, 5.41) is 20.7. The number of benzene rings is 2. The molecule has 6 nitrogen and oxygen atoms in total. The Morgan fingerprint density at radius 1 is 1.09 bits per heavy atom. The Bertz CT molecular complexity index is 786. The van der Waals surface area contributed by atoms with Crippen molar-refractivity contribution in [1.29, 1.82) is 5.26 Å². The lowest BCUT2D eigenvalue weighted by molar-refractivity contribution is 0.771. The number of nitriles is 1. The van der Waals surface area contributed by atoms with Crippen LogP contribution in [0.25, 0.3) is 5.69 Å². The molecule has 0 spiro atoms. The largest absolute Gasteiger partial charge is 0.338 e. The zero-order chi connectivity index (χ0) is 15.4. The van der Waals surface area contributed by atoms with Gasteiger partial charge in [-0.3, -0.25) is 0 Å². The summed E-state index contributed by atoms with van der Waals surface area (Å²) in [6.07, 6.45) is 0. The summed E-state index contributed by atoms with van der Waals surface area (Å²) < 4.78 is 1.70. The lowest BCUT2D eigenvalue weighted by Crippen LogP contribution is -2.20. The molecule has 1 heterocycles. The molecule has 0 atom stereocenters. The number of tetrazole rings is 1. The Balaban J connectivity index is 1.82. The maximum atomic E-state index is 8.83. The van der Waals surface area contributed by atoms with Gasteiger partial charge in [0.2, 0.25) is 5.95 Å². The average Bonchev–Trinajstić information content (AvgIpc) is 3.06. The second-order valence-electron chi connectivity index (χ2n) is 4.89. The van der Waals surface area contributed by atoms with Gasteiger partial charge >= 0.3 is 0 Å². The van der Waals surface area contributed by atoms with Crippen LogP contribution in [0.15, 0.2) is 54.6 Å². The molecular weight excluding hydrogens is 276 g/mol. The molecule has 0 aliphatic heterocycles. The van der Waals surface area contributed by atoms with Crippen LogP contribution >= 0.6 is 0 Å². The Labute approximate surface area is 128 Å². The Morgan fingerprint density at radius 2 is 1.82 bits per heavy atom. The summed E-state index contributed by atoms with van der Waals surface area (Å²) >= 11 is 0. The quantitative estimate of drug-likeness (QED) is 0.736. The minimum Gasteiger partial charge on any atom is -0.338 e. The molecular formula is C16H14N6. The summed E-state index contributed by atoms with van der Waals surface area (Å²) in [5.41, 5.74) is 2.65. The lowest BCUT2D eigenvalue weighted by atomic mass is 10.1. The highest BCUT2D eigenvalue weighted by Gasteiger charge is 2.13. The fraction of sp³-hybridized carbons (Fsp3) is 0.125. The topological polar surface area (TPSA) is 70.6 Å². The van der Waals surface area contributed by atoms with Crippen molar-refractivity contribution in [2.75, 3.05) is 11.9 Å². The maximum absolute atomic E-state index is 8.83. The van der Waals surface area contributed by atoms with Crippen molar-refractivity contribution in [1.82, 2.24) is 20.2 Å². The van der Waals surface area contributed by atoms with Crippen LogP contribution in [0, 0.1) is 11.3 Å². The van der Waals surface area contributed by atoms with Gasteiger partial charge in [-0.05, 0) is 40.3 Å². The molecule has 108 valence electrons. The molecule has 6 heteroatoms. The molecule has 0 bridgehead atoms. The molecule has 0 saturated carbocycles. The normalized spacial score (nSPS) is 10.2. The summed E-state index contributed by atoms with van der Waals surface area (Å²) in [4.78, 5) is 1.97. The van der Waals surface area contributed by atoms with Crippen molar-refractivity contribution in [3.63, 3.8) is 0 Å². The first-order valence-electron chi connectivity index (χ1n) is 6.82. The predicted octanol–water partition coefficient (Wildman–Crippen LogP) is 2.17. The molecule has 0 unspecified atom stereocenters. The molecule has 0 aliphatic carbocycles. The van der Waals surface area contributed by atoms with Gasteiger partial charge in [0.15, 0.2) is 0 Å². The lowest BCUT2D eigenvalue weighted by Gasteiger charge is -2.17. The van der Waals surface area contributed by atoms with E-state index in [-0.39, 0.29) is 0 Å². The standard InChI is InChI=1S/C16H14N6/c1-21(12-14-9-7-13(11-17)8-10-14)16-18-19-20-22(16)15-5-3-2-4-6-15/h2-10H,12H2,1H3. The van der Waals surface area contributed by atoms with Crippen molar-refractivity contribution in [3.05, 3.63) is 65.7 Å². The van der Waals surface area contributed by atoms with E-state index >= 15 is 0 Å². The van der Waals surface area contributed by atoms with E-state index in [9.17, 15) is 0 Å². The van der Waals surface area contributed by atoms with Crippen LogP contribution in [0.4, 0.5) is 5.95 Å². The van der Waals surface area contributed by atoms with Crippen molar-refractivity contribution in [2.45, 2.75) is 6.54 Å². The molecule has 0 saturated heterocycles. The van der Waals surface area contributed by atoms with Gasteiger partial charge in [0.05, 0.1) is 17.3 Å². The average molecular weight is 290 g/mol. The summed E-state index contributed by atoms with van der Waals surface area (Å²) in [7, 11) is 1.93.